The zero-order valence-corrected chi connectivity index (χ0v) is 13.8. The number of ether oxygens (including phenoxy) is 1. The summed E-state index contributed by atoms with van der Waals surface area (Å²) in [6, 6.07) is 6.20. The summed E-state index contributed by atoms with van der Waals surface area (Å²) < 4.78 is 28.4. The van der Waals surface area contributed by atoms with Crippen molar-refractivity contribution in [3.05, 3.63) is 29.8 Å². The average Bonchev–Trinajstić information content (AvgIpc) is 2.54. The van der Waals surface area contributed by atoms with Gasteiger partial charge in [0, 0.05) is 6.54 Å². The minimum atomic E-state index is -2.84. The molecule has 0 spiro atoms. The zero-order valence-electron chi connectivity index (χ0n) is 13.8. The number of amides is 1. The lowest BCUT2D eigenvalue weighted by molar-refractivity contribution is -0.122. The molecule has 24 heavy (non-hydrogen) atoms. The summed E-state index contributed by atoms with van der Waals surface area (Å²) in [7, 11) is 0. The third-order valence-corrected chi connectivity index (χ3v) is 4.32. The van der Waals surface area contributed by atoms with E-state index in [9.17, 15) is 18.7 Å². The van der Waals surface area contributed by atoms with Crippen LogP contribution < -0.4 is 10.1 Å². The van der Waals surface area contributed by atoms with Gasteiger partial charge in [-0.1, -0.05) is 12.1 Å². The molecule has 1 unspecified atom stereocenters. The third-order valence-electron chi connectivity index (χ3n) is 4.32. The molecule has 0 saturated carbocycles. The van der Waals surface area contributed by atoms with E-state index in [1.807, 2.05) is 6.92 Å². The number of nitrogens with zero attached hydrogens (tertiary/aromatic N) is 1. The Hall–Kier alpha value is -1.73. The molecule has 1 atom stereocenters. The topological polar surface area (TPSA) is 61.8 Å². The lowest BCUT2D eigenvalue weighted by Gasteiger charge is -2.32. The smallest absolute Gasteiger partial charge is 0.387 e. The van der Waals surface area contributed by atoms with Gasteiger partial charge in [-0.3, -0.25) is 9.69 Å². The van der Waals surface area contributed by atoms with E-state index in [0.29, 0.717) is 19.0 Å². The maximum atomic E-state index is 12.1. The maximum absolute atomic E-state index is 12.1. The van der Waals surface area contributed by atoms with Crippen LogP contribution in [0.2, 0.25) is 0 Å². The number of hydrogen-bond acceptors (Lipinski definition) is 4. The van der Waals surface area contributed by atoms with Gasteiger partial charge >= 0.3 is 6.61 Å². The number of nitrogens with one attached hydrogen (secondary N) is 1. The maximum Gasteiger partial charge on any atom is 0.387 e. The summed E-state index contributed by atoms with van der Waals surface area (Å²) in [5.74, 6) is 0.345. The molecule has 2 rings (SSSR count). The van der Waals surface area contributed by atoms with Gasteiger partial charge in [-0.05, 0) is 56.5 Å². The van der Waals surface area contributed by atoms with Gasteiger partial charge in [0.25, 0.3) is 0 Å². The molecule has 0 aromatic heterocycles. The Balaban J connectivity index is 1.70. The van der Waals surface area contributed by atoms with Gasteiger partial charge in [0.05, 0.1) is 12.6 Å². The van der Waals surface area contributed by atoms with Crippen LogP contribution in [0.25, 0.3) is 0 Å². The Labute approximate surface area is 140 Å². The van der Waals surface area contributed by atoms with Crippen LogP contribution >= 0.6 is 0 Å². The van der Waals surface area contributed by atoms with Crippen LogP contribution in [0.1, 0.15) is 25.3 Å². The highest BCUT2D eigenvalue weighted by Crippen LogP contribution is 2.20. The van der Waals surface area contributed by atoms with Crippen molar-refractivity contribution >= 4 is 5.91 Å². The normalized spacial score (nSPS) is 17.7. The van der Waals surface area contributed by atoms with Gasteiger partial charge in [0.1, 0.15) is 5.75 Å². The van der Waals surface area contributed by atoms with Gasteiger partial charge in [0.2, 0.25) is 5.91 Å². The quantitative estimate of drug-likeness (QED) is 0.796. The first-order valence-corrected chi connectivity index (χ1v) is 8.15. The summed E-state index contributed by atoms with van der Waals surface area (Å²) in [5, 5.41) is 12.4. The Kier molecular flexibility index (Phi) is 6.93. The summed E-state index contributed by atoms with van der Waals surface area (Å²) >= 11 is 0. The summed E-state index contributed by atoms with van der Waals surface area (Å²) in [6.45, 7) is 1.26. The predicted molar refractivity (Wildman–Crippen MR) is 85.8 cm³/mol. The number of alkyl halides is 2. The monoisotopic (exact) mass is 342 g/mol. The molecule has 1 fully saturated rings. The molecule has 0 radical (unpaired) electrons. The highest BCUT2D eigenvalue weighted by molar-refractivity contribution is 5.78. The van der Waals surface area contributed by atoms with Crippen LogP contribution in [0, 0.1) is 5.92 Å². The summed E-state index contributed by atoms with van der Waals surface area (Å²) in [6.07, 6.45) is 1.51. The van der Waals surface area contributed by atoms with Crippen molar-refractivity contribution in [1.82, 2.24) is 10.2 Å². The van der Waals surface area contributed by atoms with E-state index in [0.717, 1.165) is 31.5 Å². The summed E-state index contributed by atoms with van der Waals surface area (Å²) in [5.41, 5.74) is 0.817. The second-order valence-corrected chi connectivity index (χ2v) is 6.15. The lowest BCUT2D eigenvalue weighted by atomic mass is 9.92. The van der Waals surface area contributed by atoms with Gasteiger partial charge < -0.3 is 15.2 Å². The molecule has 1 aliphatic heterocycles. The van der Waals surface area contributed by atoms with Crippen LogP contribution in [-0.2, 0) is 11.3 Å². The van der Waals surface area contributed by atoms with E-state index in [-0.39, 0.29) is 17.8 Å². The highest BCUT2D eigenvalue weighted by Gasteiger charge is 2.23. The number of carbonyl (C=O) groups excluding carboxylic acids is 1. The van der Waals surface area contributed by atoms with Crippen LogP contribution in [-0.4, -0.2) is 48.3 Å². The molecule has 5 nitrogen and oxygen atoms in total. The summed E-state index contributed by atoms with van der Waals surface area (Å²) in [4.78, 5) is 14.1. The van der Waals surface area contributed by atoms with Crippen molar-refractivity contribution in [2.24, 2.45) is 5.92 Å². The number of hydrogen-bond donors (Lipinski definition) is 2. The fourth-order valence-corrected chi connectivity index (χ4v) is 2.84. The van der Waals surface area contributed by atoms with Crippen molar-refractivity contribution in [1.29, 1.82) is 0 Å². The van der Waals surface area contributed by atoms with Crippen molar-refractivity contribution in [2.45, 2.75) is 39.0 Å². The van der Waals surface area contributed by atoms with Crippen molar-refractivity contribution < 1.29 is 23.4 Å². The van der Waals surface area contributed by atoms with Crippen molar-refractivity contribution in [3.8, 4) is 5.75 Å². The van der Waals surface area contributed by atoms with Gasteiger partial charge in [-0.2, -0.15) is 8.78 Å². The molecular weight excluding hydrogens is 318 g/mol. The largest absolute Gasteiger partial charge is 0.435 e. The number of rotatable bonds is 7. The van der Waals surface area contributed by atoms with Gasteiger partial charge in [-0.15, -0.1) is 0 Å². The highest BCUT2D eigenvalue weighted by atomic mass is 19.3. The number of likely N-dealkylation sites (tertiary alicyclic amines) is 1. The molecule has 7 heteroatoms. The lowest BCUT2D eigenvalue weighted by Crippen LogP contribution is -2.42. The van der Waals surface area contributed by atoms with Crippen molar-refractivity contribution in [2.75, 3.05) is 19.6 Å². The van der Waals surface area contributed by atoms with Gasteiger partial charge in [-0.25, -0.2) is 0 Å². The molecule has 1 aromatic carbocycles. The van der Waals surface area contributed by atoms with Gasteiger partial charge in [0.15, 0.2) is 0 Å². The first-order chi connectivity index (χ1) is 11.4. The predicted octanol–water partition coefficient (Wildman–Crippen LogP) is 2.00. The van der Waals surface area contributed by atoms with E-state index in [2.05, 4.69) is 15.0 Å². The molecular formula is C17H24F2N2O3. The number of benzene rings is 1. The second-order valence-electron chi connectivity index (χ2n) is 6.15. The average molecular weight is 342 g/mol. The fourth-order valence-electron chi connectivity index (χ4n) is 2.84. The number of halogens is 2. The van der Waals surface area contributed by atoms with E-state index < -0.39 is 6.61 Å². The third kappa shape index (κ3) is 6.05. The van der Waals surface area contributed by atoms with Crippen LogP contribution in [0.15, 0.2) is 24.3 Å². The van der Waals surface area contributed by atoms with Crippen molar-refractivity contribution in [3.63, 3.8) is 0 Å². The number of carbonyl (C=O) groups is 1. The molecule has 1 amide bonds. The SMILES string of the molecule is CC(O)C1CCN(CC(=O)NCc2ccc(OC(F)F)cc2)CC1. The first kappa shape index (κ1) is 18.6. The standard InChI is InChI=1S/C17H24F2N2O3/c1-12(22)14-6-8-21(9-7-14)11-16(23)20-10-13-2-4-15(5-3-13)24-17(18)19/h2-5,12,14,17,22H,6-11H2,1H3,(H,20,23). The van der Waals surface area contributed by atoms with E-state index in [1.54, 1.807) is 12.1 Å². The first-order valence-electron chi connectivity index (χ1n) is 8.15. The van der Waals surface area contributed by atoms with Crippen LogP contribution in [0.5, 0.6) is 5.75 Å². The van der Waals surface area contributed by atoms with E-state index >= 15 is 0 Å². The zero-order chi connectivity index (χ0) is 17.5. The number of piperidine rings is 1. The molecule has 0 bridgehead atoms. The number of aliphatic hydroxyl groups is 1. The molecule has 2 N–H and O–H groups in total. The van der Waals surface area contributed by atoms with E-state index in [4.69, 9.17) is 0 Å². The Morgan fingerprint density at radius 1 is 1.33 bits per heavy atom. The molecule has 1 heterocycles. The molecule has 0 aliphatic carbocycles. The molecule has 1 aromatic rings. The minimum Gasteiger partial charge on any atom is -0.435 e. The van der Waals surface area contributed by atoms with Crippen LogP contribution in [0.3, 0.4) is 0 Å². The molecule has 1 aliphatic rings. The Bertz CT molecular complexity index is 515. The minimum absolute atomic E-state index is 0.0709. The Morgan fingerprint density at radius 3 is 2.50 bits per heavy atom. The van der Waals surface area contributed by atoms with Crippen LogP contribution in [0.4, 0.5) is 8.78 Å². The molecule has 1 saturated heterocycles. The second kappa shape index (κ2) is 8.94. The Morgan fingerprint density at radius 2 is 1.96 bits per heavy atom. The van der Waals surface area contributed by atoms with E-state index in [1.165, 1.54) is 12.1 Å². The fraction of sp³-hybridized carbons (Fsp3) is 0.588. The number of aliphatic hydroxyl groups excluding tert-OH is 1. The molecule has 134 valence electrons.